The van der Waals surface area contributed by atoms with Crippen molar-refractivity contribution in [3.63, 3.8) is 0 Å². The summed E-state index contributed by atoms with van der Waals surface area (Å²) in [5.41, 5.74) is 4.15. The fourth-order valence-corrected chi connectivity index (χ4v) is 7.29. The Bertz CT molecular complexity index is 406. The highest BCUT2D eigenvalue weighted by atomic mass is 31.2. The van der Waals surface area contributed by atoms with Gasteiger partial charge in [-0.05, 0) is 51.2 Å². The van der Waals surface area contributed by atoms with Crippen LogP contribution in [0.3, 0.4) is 0 Å². The molecule has 1 aromatic carbocycles. The van der Waals surface area contributed by atoms with Gasteiger partial charge in [-0.3, -0.25) is 0 Å². The molecule has 0 spiro atoms. The number of hydrogen-bond donors (Lipinski definition) is 0. The average Bonchev–Trinajstić information content (AvgIpc) is 2.47. The van der Waals surface area contributed by atoms with Crippen LogP contribution >= 0.6 is 7.26 Å². The predicted octanol–water partition coefficient (Wildman–Crippen LogP) is 5.71. The van der Waals surface area contributed by atoms with Crippen LogP contribution in [0.1, 0.15) is 56.6 Å². The first-order valence-electron chi connectivity index (χ1n) is 8.02. The predicted molar refractivity (Wildman–Crippen MR) is 90.1 cm³/mol. The topological polar surface area (TPSA) is 0 Å². The van der Waals surface area contributed by atoms with E-state index >= 15 is 0 Å². The quantitative estimate of drug-likeness (QED) is 0.618. The minimum Gasteiger partial charge on any atom is -0.0620 e. The minimum atomic E-state index is -0.748. The Labute approximate surface area is 120 Å². The molecule has 0 aromatic heterocycles. The van der Waals surface area contributed by atoms with Gasteiger partial charge in [0.15, 0.2) is 0 Å². The van der Waals surface area contributed by atoms with E-state index in [0.29, 0.717) is 0 Å². The van der Waals surface area contributed by atoms with Gasteiger partial charge in [0.25, 0.3) is 0 Å². The van der Waals surface area contributed by atoms with Crippen molar-refractivity contribution < 1.29 is 0 Å². The zero-order valence-electron chi connectivity index (χ0n) is 13.2. The van der Waals surface area contributed by atoms with Crippen LogP contribution in [0.15, 0.2) is 24.3 Å². The molecule has 2 unspecified atom stereocenters. The van der Waals surface area contributed by atoms with Gasteiger partial charge in [-0.1, -0.05) is 30.7 Å². The third-order valence-electron chi connectivity index (χ3n) is 5.56. The molecule has 106 valence electrons. The fraction of sp³-hybridized carbons (Fsp3) is 0.667. The Morgan fingerprint density at radius 3 is 2.32 bits per heavy atom. The molecule has 19 heavy (non-hydrogen) atoms. The summed E-state index contributed by atoms with van der Waals surface area (Å²) in [6, 6.07) is 9.12. The molecule has 0 saturated heterocycles. The molecule has 0 radical (unpaired) electrons. The van der Waals surface area contributed by atoms with Crippen molar-refractivity contribution in [3.05, 3.63) is 35.4 Å². The molecule has 0 N–H and O–H groups in total. The van der Waals surface area contributed by atoms with Gasteiger partial charge in [0.1, 0.15) is 0 Å². The number of rotatable bonds is 4. The van der Waals surface area contributed by atoms with Crippen molar-refractivity contribution in [2.24, 2.45) is 0 Å². The summed E-state index contributed by atoms with van der Waals surface area (Å²) >= 11 is 0. The van der Waals surface area contributed by atoms with Crippen molar-refractivity contribution in [1.29, 1.82) is 0 Å². The molecule has 1 saturated carbocycles. The van der Waals surface area contributed by atoms with Crippen LogP contribution in [0.4, 0.5) is 0 Å². The summed E-state index contributed by atoms with van der Waals surface area (Å²) in [5, 5.41) is 0. The lowest BCUT2D eigenvalue weighted by Gasteiger charge is -2.39. The maximum absolute atomic E-state index is 2.63. The molecule has 1 aromatic rings. The van der Waals surface area contributed by atoms with Crippen LogP contribution in [0.5, 0.6) is 0 Å². The standard InChI is InChI=1S/C18H30P/c1-5-19(4,6-2)18-14-10-9-13-17(18)16-12-8-7-11-15(16)3/h7-8,11-12,17-18H,5-6,9-10,13-14H2,1-4H3/q+1. The van der Waals surface area contributed by atoms with Crippen molar-refractivity contribution in [1.82, 2.24) is 0 Å². The van der Waals surface area contributed by atoms with E-state index in [1.165, 1.54) is 43.6 Å². The molecular weight excluding hydrogens is 247 g/mol. The van der Waals surface area contributed by atoms with Crippen LogP contribution in [-0.2, 0) is 0 Å². The van der Waals surface area contributed by atoms with Crippen LogP contribution < -0.4 is 0 Å². The van der Waals surface area contributed by atoms with Gasteiger partial charge in [0, 0.05) is 19.8 Å². The minimum absolute atomic E-state index is 0.748. The van der Waals surface area contributed by atoms with E-state index in [9.17, 15) is 0 Å². The smallest absolute Gasteiger partial charge is 0.0620 e. The lowest BCUT2D eigenvalue weighted by atomic mass is 9.82. The Morgan fingerprint density at radius 2 is 1.68 bits per heavy atom. The maximum Gasteiger partial charge on any atom is 0.0763 e. The van der Waals surface area contributed by atoms with Gasteiger partial charge in [-0.15, -0.1) is 0 Å². The second-order valence-corrected chi connectivity index (χ2v) is 11.3. The monoisotopic (exact) mass is 277 g/mol. The molecule has 0 aliphatic heterocycles. The lowest BCUT2D eigenvalue weighted by molar-refractivity contribution is 0.446. The first-order valence-corrected chi connectivity index (χ1v) is 10.7. The molecule has 2 atom stereocenters. The Kier molecular flexibility index (Phi) is 5.07. The molecule has 1 aliphatic carbocycles. The van der Waals surface area contributed by atoms with Gasteiger partial charge in [-0.25, -0.2) is 0 Å². The molecule has 1 fully saturated rings. The van der Waals surface area contributed by atoms with E-state index in [0.717, 1.165) is 11.6 Å². The van der Waals surface area contributed by atoms with Crippen molar-refractivity contribution >= 4 is 7.26 Å². The van der Waals surface area contributed by atoms with E-state index < -0.39 is 7.26 Å². The molecule has 0 bridgehead atoms. The SMILES string of the molecule is CC[P+](C)(CC)C1CCCCC1c1ccccc1C. The number of benzene rings is 1. The Morgan fingerprint density at radius 1 is 1.05 bits per heavy atom. The summed E-state index contributed by atoms with van der Waals surface area (Å²) in [4.78, 5) is 0. The highest BCUT2D eigenvalue weighted by Gasteiger charge is 2.44. The molecule has 1 heteroatoms. The zero-order valence-corrected chi connectivity index (χ0v) is 14.0. The van der Waals surface area contributed by atoms with Crippen LogP contribution in [0, 0.1) is 6.92 Å². The van der Waals surface area contributed by atoms with Gasteiger partial charge >= 0.3 is 0 Å². The van der Waals surface area contributed by atoms with Gasteiger partial charge in [0.2, 0.25) is 0 Å². The van der Waals surface area contributed by atoms with Crippen molar-refractivity contribution in [3.8, 4) is 0 Å². The molecule has 1 aliphatic rings. The van der Waals surface area contributed by atoms with Gasteiger partial charge in [-0.2, -0.15) is 0 Å². The van der Waals surface area contributed by atoms with Gasteiger partial charge < -0.3 is 0 Å². The van der Waals surface area contributed by atoms with E-state index in [4.69, 9.17) is 0 Å². The molecule has 0 nitrogen and oxygen atoms in total. The zero-order chi connectivity index (χ0) is 13.9. The molecule has 0 amide bonds. The second-order valence-electron chi connectivity index (χ2n) is 6.43. The molecule has 2 rings (SSSR count). The summed E-state index contributed by atoms with van der Waals surface area (Å²) in [6.45, 7) is 9.80. The van der Waals surface area contributed by atoms with Crippen molar-refractivity contribution in [2.45, 2.75) is 58.0 Å². The Balaban J connectivity index is 2.33. The third-order valence-corrected chi connectivity index (χ3v) is 10.7. The van der Waals surface area contributed by atoms with Crippen LogP contribution in [0.2, 0.25) is 0 Å². The van der Waals surface area contributed by atoms with E-state index in [1.54, 1.807) is 5.56 Å². The average molecular weight is 277 g/mol. The maximum atomic E-state index is 2.63. The Hall–Kier alpha value is -0.350. The van der Waals surface area contributed by atoms with Gasteiger partial charge in [0.05, 0.1) is 18.0 Å². The third kappa shape index (κ3) is 3.05. The normalized spacial score (nSPS) is 24.4. The first kappa shape index (κ1) is 15.0. The summed E-state index contributed by atoms with van der Waals surface area (Å²) in [6.07, 6.45) is 8.65. The first-order chi connectivity index (χ1) is 9.12. The number of aryl methyl sites for hydroxylation is 1. The van der Waals surface area contributed by atoms with Crippen LogP contribution in [-0.4, -0.2) is 24.6 Å². The summed E-state index contributed by atoms with van der Waals surface area (Å²) < 4.78 is 0. The number of hydrogen-bond acceptors (Lipinski definition) is 0. The molecule has 0 heterocycles. The highest BCUT2D eigenvalue weighted by molar-refractivity contribution is 7.75. The van der Waals surface area contributed by atoms with E-state index in [2.05, 4.69) is 51.7 Å². The largest absolute Gasteiger partial charge is 0.0763 e. The molecular formula is C18H30P+. The lowest BCUT2D eigenvalue weighted by Crippen LogP contribution is -2.28. The second kappa shape index (κ2) is 6.40. The van der Waals surface area contributed by atoms with Crippen molar-refractivity contribution in [2.75, 3.05) is 19.0 Å². The summed E-state index contributed by atoms with van der Waals surface area (Å²) in [5.74, 6) is 0.841. The van der Waals surface area contributed by atoms with E-state index in [-0.39, 0.29) is 0 Å². The van der Waals surface area contributed by atoms with Crippen LogP contribution in [0.25, 0.3) is 0 Å². The summed E-state index contributed by atoms with van der Waals surface area (Å²) in [7, 11) is -0.748. The highest BCUT2D eigenvalue weighted by Crippen LogP contribution is 2.65. The van der Waals surface area contributed by atoms with E-state index in [1.807, 2.05) is 0 Å². The fourth-order valence-electron chi connectivity index (χ4n) is 3.92.